The maximum Gasteiger partial charge on any atom is 0.127 e. The monoisotopic (exact) mass is 119 g/mol. The molecule has 8 heavy (non-hydrogen) atoms. The minimum absolute atomic E-state index is 0.329. The van der Waals surface area contributed by atoms with E-state index in [1.54, 1.807) is 0 Å². The average molecular weight is 119 g/mol. The smallest absolute Gasteiger partial charge is 0.127 e. The quantitative estimate of drug-likeness (QED) is 0.464. The van der Waals surface area contributed by atoms with E-state index in [0.29, 0.717) is 12.8 Å². The molecular formula is C5H10FNO. The highest BCUT2D eigenvalue weighted by Gasteiger charge is 2.31. The van der Waals surface area contributed by atoms with E-state index in [-0.39, 0.29) is 6.04 Å². The molecule has 3 heteroatoms. The van der Waals surface area contributed by atoms with Gasteiger partial charge in [-0.3, -0.25) is 0 Å². The van der Waals surface area contributed by atoms with Crippen molar-refractivity contribution in [1.29, 1.82) is 0 Å². The average Bonchev–Trinajstić information content (AvgIpc) is 1.98. The van der Waals surface area contributed by atoms with Gasteiger partial charge in [-0.2, -0.15) is 0 Å². The van der Waals surface area contributed by atoms with Gasteiger partial charge < -0.3 is 10.8 Å². The highest BCUT2D eigenvalue weighted by atomic mass is 19.1. The minimum Gasteiger partial charge on any atom is -0.388 e. The molecule has 2 nitrogen and oxygen atoms in total. The van der Waals surface area contributed by atoms with Crippen LogP contribution in [0.15, 0.2) is 0 Å². The largest absolute Gasteiger partial charge is 0.388 e. The molecule has 1 aliphatic carbocycles. The molecule has 0 aliphatic heterocycles. The molecule has 0 saturated heterocycles. The third-order valence-electron chi connectivity index (χ3n) is 1.59. The zero-order valence-electron chi connectivity index (χ0n) is 4.55. The summed E-state index contributed by atoms with van der Waals surface area (Å²) < 4.78 is 12.2. The first kappa shape index (κ1) is 5.98. The van der Waals surface area contributed by atoms with Crippen molar-refractivity contribution in [3.8, 4) is 0 Å². The van der Waals surface area contributed by atoms with Crippen molar-refractivity contribution in [2.24, 2.45) is 5.73 Å². The van der Waals surface area contributed by atoms with Gasteiger partial charge in [-0.15, -0.1) is 0 Å². The molecule has 0 aromatic carbocycles. The van der Waals surface area contributed by atoms with E-state index in [9.17, 15) is 4.39 Å². The molecule has 1 unspecified atom stereocenters. The van der Waals surface area contributed by atoms with Gasteiger partial charge in [0.25, 0.3) is 0 Å². The van der Waals surface area contributed by atoms with Crippen molar-refractivity contribution >= 4 is 0 Å². The fourth-order valence-electron chi connectivity index (χ4n) is 0.961. The summed E-state index contributed by atoms with van der Waals surface area (Å²) in [6, 6.07) is -0.329. The number of aliphatic hydroxyl groups is 1. The van der Waals surface area contributed by atoms with Gasteiger partial charge in [0.1, 0.15) is 12.3 Å². The maximum atomic E-state index is 12.2. The van der Waals surface area contributed by atoms with Gasteiger partial charge in [0.15, 0.2) is 0 Å². The fourth-order valence-corrected chi connectivity index (χ4v) is 0.961. The summed E-state index contributed by atoms with van der Waals surface area (Å²) in [5.41, 5.74) is 5.28. The van der Waals surface area contributed by atoms with Crippen LogP contribution in [-0.4, -0.2) is 23.4 Å². The van der Waals surface area contributed by atoms with E-state index in [2.05, 4.69) is 0 Å². The SMILES string of the molecule is N[C@@H]1CC[C@@H](F)C1O. The van der Waals surface area contributed by atoms with Crippen LogP contribution in [-0.2, 0) is 0 Å². The topological polar surface area (TPSA) is 46.2 Å². The van der Waals surface area contributed by atoms with Crippen LogP contribution >= 0.6 is 0 Å². The first-order valence-corrected chi connectivity index (χ1v) is 2.79. The van der Waals surface area contributed by atoms with Crippen molar-refractivity contribution < 1.29 is 9.50 Å². The van der Waals surface area contributed by atoms with Crippen molar-refractivity contribution in [3.05, 3.63) is 0 Å². The molecule has 1 rings (SSSR count). The van der Waals surface area contributed by atoms with Crippen LogP contribution < -0.4 is 5.73 Å². The summed E-state index contributed by atoms with van der Waals surface area (Å²) >= 11 is 0. The third-order valence-corrected chi connectivity index (χ3v) is 1.59. The molecule has 1 saturated carbocycles. The predicted octanol–water partition coefficient (Wildman–Crippen LogP) is -0.193. The zero-order chi connectivity index (χ0) is 6.15. The lowest BCUT2D eigenvalue weighted by molar-refractivity contribution is 0.0917. The van der Waals surface area contributed by atoms with Crippen LogP contribution in [0.5, 0.6) is 0 Å². The Hall–Kier alpha value is -0.150. The van der Waals surface area contributed by atoms with Crippen LogP contribution in [0.25, 0.3) is 0 Å². The summed E-state index contributed by atoms with van der Waals surface area (Å²) in [4.78, 5) is 0. The van der Waals surface area contributed by atoms with E-state index in [0.717, 1.165) is 0 Å². The number of aliphatic hydroxyl groups excluding tert-OH is 1. The van der Waals surface area contributed by atoms with Gasteiger partial charge in [0.2, 0.25) is 0 Å². The van der Waals surface area contributed by atoms with E-state index in [4.69, 9.17) is 10.8 Å². The summed E-state index contributed by atoms with van der Waals surface area (Å²) in [5, 5.41) is 8.77. The normalized spacial score (nSPS) is 47.6. The minimum atomic E-state index is -1.08. The summed E-state index contributed by atoms with van der Waals surface area (Å²) in [7, 11) is 0. The van der Waals surface area contributed by atoms with Crippen molar-refractivity contribution in [1.82, 2.24) is 0 Å². The van der Waals surface area contributed by atoms with Crippen LogP contribution in [0.4, 0.5) is 4.39 Å². The molecule has 0 aromatic heterocycles. The van der Waals surface area contributed by atoms with E-state index in [1.165, 1.54) is 0 Å². The second kappa shape index (κ2) is 1.99. The van der Waals surface area contributed by atoms with Gasteiger partial charge in [-0.05, 0) is 12.8 Å². The molecule has 3 atom stereocenters. The Morgan fingerprint density at radius 1 is 1.50 bits per heavy atom. The molecule has 0 aromatic rings. The van der Waals surface area contributed by atoms with E-state index >= 15 is 0 Å². The molecule has 0 bridgehead atoms. The first-order valence-electron chi connectivity index (χ1n) is 2.79. The van der Waals surface area contributed by atoms with Gasteiger partial charge in [0.05, 0.1) is 0 Å². The Balaban J connectivity index is 2.44. The highest BCUT2D eigenvalue weighted by Crippen LogP contribution is 2.20. The second-order valence-electron chi connectivity index (χ2n) is 2.25. The van der Waals surface area contributed by atoms with E-state index < -0.39 is 12.3 Å². The van der Waals surface area contributed by atoms with Crippen LogP contribution in [0, 0.1) is 0 Å². The number of halogens is 1. The standard InChI is InChI=1S/C5H10FNO/c6-3-1-2-4(7)5(3)8/h3-5,8H,1-2,7H2/t3-,4-,5?/m1/s1. The lowest BCUT2D eigenvalue weighted by Crippen LogP contribution is -2.33. The lowest BCUT2D eigenvalue weighted by atomic mass is 10.2. The Morgan fingerprint density at radius 3 is 2.25 bits per heavy atom. The van der Waals surface area contributed by atoms with Crippen LogP contribution in [0.2, 0.25) is 0 Å². The third kappa shape index (κ3) is 0.833. The van der Waals surface area contributed by atoms with Gasteiger partial charge in [-0.1, -0.05) is 0 Å². The summed E-state index contributed by atoms with van der Waals surface area (Å²) in [5.74, 6) is 0. The van der Waals surface area contributed by atoms with Crippen LogP contribution in [0.1, 0.15) is 12.8 Å². The molecule has 1 aliphatic rings. The molecule has 48 valence electrons. The Bertz CT molecular complexity index is 78.5. The number of hydrogen-bond acceptors (Lipinski definition) is 2. The molecular weight excluding hydrogens is 109 g/mol. The Morgan fingerprint density at radius 2 is 2.12 bits per heavy atom. The van der Waals surface area contributed by atoms with E-state index in [1.807, 2.05) is 0 Å². The number of hydrogen-bond donors (Lipinski definition) is 2. The predicted molar refractivity (Wildman–Crippen MR) is 28.1 cm³/mol. The molecule has 0 radical (unpaired) electrons. The van der Waals surface area contributed by atoms with Crippen molar-refractivity contribution in [2.75, 3.05) is 0 Å². The molecule has 3 N–H and O–H groups in total. The summed E-state index contributed by atoms with van der Waals surface area (Å²) in [6.45, 7) is 0. The van der Waals surface area contributed by atoms with Crippen LogP contribution in [0.3, 0.4) is 0 Å². The van der Waals surface area contributed by atoms with Gasteiger partial charge >= 0.3 is 0 Å². The number of nitrogens with two attached hydrogens (primary N) is 1. The molecule has 0 spiro atoms. The highest BCUT2D eigenvalue weighted by molar-refractivity contribution is 4.86. The summed E-state index contributed by atoms with van der Waals surface area (Å²) in [6.07, 6.45) is -0.954. The van der Waals surface area contributed by atoms with Gasteiger partial charge in [0, 0.05) is 6.04 Å². The number of rotatable bonds is 0. The molecule has 0 amide bonds. The Kier molecular flexibility index (Phi) is 1.49. The molecule has 1 fully saturated rings. The first-order chi connectivity index (χ1) is 3.72. The maximum absolute atomic E-state index is 12.2. The molecule has 0 heterocycles. The Labute approximate surface area is 47.5 Å². The fraction of sp³-hybridized carbons (Fsp3) is 1.00. The van der Waals surface area contributed by atoms with Crippen molar-refractivity contribution in [2.45, 2.75) is 31.2 Å². The van der Waals surface area contributed by atoms with Crippen molar-refractivity contribution in [3.63, 3.8) is 0 Å². The lowest BCUT2D eigenvalue weighted by Gasteiger charge is -2.07. The zero-order valence-corrected chi connectivity index (χ0v) is 4.55. The second-order valence-corrected chi connectivity index (χ2v) is 2.25. The van der Waals surface area contributed by atoms with Gasteiger partial charge in [-0.25, -0.2) is 4.39 Å². The number of alkyl halides is 1.